The number of alkyl halides is 3. The van der Waals surface area contributed by atoms with E-state index in [1.165, 1.54) is 0 Å². The van der Waals surface area contributed by atoms with Crippen molar-refractivity contribution >= 4 is 35.4 Å². The van der Waals surface area contributed by atoms with Crippen LogP contribution in [0.15, 0.2) is 4.99 Å². The molecule has 8 N–H and O–H groups in total. The number of ketones is 1. The molecule has 248 valence electrons. The average Bonchev–Trinajstić information content (AvgIpc) is 2.91. The average molecular weight is 623 g/mol. The number of aliphatic carboxylic acids is 1. The lowest BCUT2D eigenvalue weighted by Gasteiger charge is -2.32. The van der Waals surface area contributed by atoms with E-state index in [9.17, 15) is 32.3 Å². The molecule has 1 aliphatic heterocycles. The normalized spacial score (nSPS) is 23.1. The van der Waals surface area contributed by atoms with Gasteiger partial charge in [0.25, 0.3) is 0 Å². The minimum Gasteiger partial charge on any atom is -0.475 e. The van der Waals surface area contributed by atoms with Gasteiger partial charge in [0.1, 0.15) is 6.04 Å². The number of carbonyl (C=O) groups is 5. The molecule has 1 heterocycles. The van der Waals surface area contributed by atoms with Crippen LogP contribution in [0.3, 0.4) is 0 Å². The fourth-order valence-corrected chi connectivity index (χ4v) is 4.30. The number of hydrogen-bond donors (Lipinski definition) is 6. The van der Waals surface area contributed by atoms with E-state index in [-0.39, 0.29) is 41.8 Å². The van der Waals surface area contributed by atoms with Crippen LogP contribution in [0, 0.1) is 11.8 Å². The van der Waals surface area contributed by atoms with E-state index in [1.807, 2.05) is 6.92 Å². The van der Waals surface area contributed by atoms with Gasteiger partial charge in [-0.05, 0) is 39.0 Å². The molecule has 1 fully saturated rings. The minimum absolute atomic E-state index is 0.0314. The molecule has 0 aliphatic carbocycles. The number of halogens is 3. The number of amides is 3. The highest BCUT2D eigenvalue weighted by molar-refractivity contribution is 5.96. The molecule has 1 saturated heterocycles. The van der Waals surface area contributed by atoms with Crippen molar-refractivity contribution in [2.24, 2.45) is 28.3 Å². The number of aliphatic imine (C=N–C) groups is 1. The summed E-state index contributed by atoms with van der Waals surface area (Å²) in [7, 11) is 0. The summed E-state index contributed by atoms with van der Waals surface area (Å²) in [5.74, 6) is -4.65. The lowest BCUT2D eigenvalue weighted by Crippen LogP contribution is -2.54. The first-order valence-corrected chi connectivity index (χ1v) is 14.7. The van der Waals surface area contributed by atoms with Gasteiger partial charge >= 0.3 is 12.1 Å². The van der Waals surface area contributed by atoms with E-state index in [0.29, 0.717) is 38.8 Å². The smallest absolute Gasteiger partial charge is 0.475 e. The van der Waals surface area contributed by atoms with E-state index >= 15 is 0 Å². The minimum atomic E-state index is -5.08. The number of hydrogen-bond acceptors (Lipinski definition) is 6. The van der Waals surface area contributed by atoms with Gasteiger partial charge in [-0.2, -0.15) is 13.2 Å². The third-order valence-corrected chi connectivity index (χ3v) is 7.03. The third-order valence-electron chi connectivity index (χ3n) is 7.03. The number of nitrogens with zero attached hydrogens (tertiary/aromatic N) is 1. The first-order chi connectivity index (χ1) is 19.9. The van der Waals surface area contributed by atoms with Crippen LogP contribution >= 0.6 is 0 Å². The predicted molar refractivity (Wildman–Crippen MR) is 156 cm³/mol. The summed E-state index contributed by atoms with van der Waals surface area (Å²) in [5.41, 5.74) is 9.75. The number of nitrogens with two attached hydrogens (primary N) is 2. The highest BCUT2D eigenvalue weighted by Gasteiger charge is 2.39. The third kappa shape index (κ3) is 16.7. The van der Waals surface area contributed by atoms with Crippen LogP contribution in [-0.4, -0.2) is 71.4 Å². The Morgan fingerprint density at radius 3 is 2.14 bits per heavy atom. The van der Waals surface area contributed by atoms with Gasteiger partial charge < -0.3 is 32.5 Å². The van der Waals surface area contributed by atoms with Crippen molar-refractivity contribution in [3.63, 3.8) is 0 Å². The Morgan fingerprint density at radius 1 is 1.07 bits per heavy atom. The SMILES string of the molecule is CC[C@@H]1NC(=O)[C@H](CCCN=C(N)N)CC(=O)[C@@](C)(NC(=O)C(C)C)CCCCCCCCNC1=O.O=C(O)C(F)(F)F. The van der Waals surface area contributed by atoms with E-state index < -0.39 is 29.6 Å². The number of nitrogens with one attached hydrogen (secondary N) is 3. The highest BCUT2D eigenvalue weighted by atomic mass is 19.4. The molecule has 1 rings (SSSR count). The number of guanidine groups is 1. The van der Waals surface area contributed by atoms with Crippen LogP contribution in [-0.2, 0) is 24.0 Å². The maximum absolute atomic E-state index is 13.6. The standard InChI is InChI=1S/C26H48N6O4.C2HF3O2/c1-5-20-24(36)29-15-11-9-7-6-8-10-14-26(4,32-22(34)18(2)3)21(33)17-19(23(35)31-20)13-12-16-30-25(27)28;3-2(4,5)1(6)7/h18-20H,5-17H2,1-4H3,(H,29,36)(H,31,35)(H,32,34)(H4,27,28,30);(H,6,7)/t19-,20+,26+;/m1./s1. The molecule has 0 aromatic heterocycles. The van der Waals surface area contributed by atoms with Gasteiger partial charge in [-0.15, -0.1) is 0 Å². The Kier molecular flexibility index (Phi) is 18.2. The van der Waals surface area contributed by atoms with Gasteiger partial charge in [0.2, 0.25) is 17.7 Å². The lowest BCUT2D eigenvalue weighted by atomic mass is 9.82. The van der Waals surface area contributed by atoms with Gasteiger partial charge in [-0.3, -0.25) is 24.2 Å². The lowest BCUT2D eigenvalue weighted by molar-refractivity contribution is -0.192. The van der Waals surface area contributed by atoms with Crippen molar-refractivity contribution in [1.82, 2.24) is 16.0 Å². The predicted octanol–water partition coefficient (Wildman–Crippen LogP) is 2.53. The van der Waals surface area contributed by atoms with Crippen molar-refractivity contribution in [3.05, 3.63) is 0 Å². The molecule has 1 aliphatic rings. The Morgan fingerprint density at radius 2 is 1.63 bits per heavy atom. The second-order valence-electron chi connectivity index (χ2n) is 11.2. The van der Waals surface area contributed by atoms with Crippen molar-refractivity contribution in [3.8, 4) is 0 Å². The summed E-state index contributed by atoms with van der Waals surface area (Å²) in [6.07, 6.45) is 2.42. The van der Waals surface area contributed by atoms with Crippen LogP contribution in [0.25, 0.3) is 0 Å². The summed E-state index contributed by atoms with van der Waals surface area (Å²) in [6, 6.07) is -0.671. The van der Waals surface area contributed by atoms with E-state index in [4.69, 9.17) is 21.4 Å². The fourth-order valence-electron chi connectivity index (χ4n) is 4.30. The monoisotopic (exact) mass is 622 g/mol. The van der Waals surface area contributed by atoms with Gasteiger partial charge in [-0.1, -0.05) is 52.9 Å². The van der Waals surface area contributed by atoms with Crippen LogP contribution < -0.4 is 27.4 Å². The number of carboxylic acids is 1. The molecular formula is C28H49F3N6O6. The van der Waals surface area contributed by atoms with Crippen LogP contribution in [0.5, 0.6) is 0 Å². The summed E-state index contributed by atoms with van der Waals surface area (Å²) >= 11 is 0. The maximum Gasteiger partial charge on any atom is 0.490 e. The summed E-state index contributed by atoms with van der Waals surface area (Å²) in [4.78, 5) is 65.0. The van der Waals surface area contributed by atoms with Gasteiger partial charge in [0, 0.05) is 31.3 Å². The zero-order valence-electron chi connectivity index (χ0n) is 25.6. The molecule has 12 nitrogen and oxygen atoms in total. The molecule has 0 aromatic rings. The Balaban J connectivity index is 0.00000223. The Bertz CT molecular complexity index is 956. The second kappa shape index (κ2) is 19.7. The summed E-state index contributed by atoms with van der Waals surface area (Å²) in [6.45, 7) is 8.09. The van der Waals surface area contributed by atoms with Crippen LogP contribution in [0.1, 0.15) is 98.3 Å². The zero-order chi connectivity index (χ0) is 33.2. The van der Waals surface area contributed by atoms with E-state index in [2.05, 4.69) is 20.9 Å². The number of Topliss-reactive ketones (excluding diaryl/α,β-unsaturated/α-hetero) is 1. The molecule has 0 bridgehead atoms. The van der Waals surface area contributed by atoms with Gasteiger partial charge in [-0.25, -0.2) is 4.79 Å². The van der Waals surface area contributed by atoms with Crippen molar-refractivity contribution in [2.75, 3.05) is 13.1 Å². The fraction of sp³-hybridized carbons (Fsp3) is 0.786. The highest BCUT2D eigenvalue weighted by Crippen LogP contribution is 2.24. The molecule has 0 aromatic carbocycles. The maximum atomic E-state index is 13.6. The first-order valence-electron chi connectivity index (χ1n) is 14.7. The molecule has 43 heavy (non-hydrogen) atoms. The molecule has 0 saturated carbocycles. The molecule has 0 unspecified atom stereocenters. The summed E-state index contributed by atoms with van der Waals surface area (Å²) in [5, 5.41) is 15.8. The first kappa shape index (κ1) is 39.6. The molecule has 0 radical (unpaired) electrons. The zero-order valence-corrected chi connectivity index (χ0v) is 25.6. The molecule has 0 spiro atoms. The van der Waals surface area contributed by atoms with Crippen LogP contribution in [0.2, 0.25) is 0 Å². The number of carbonyl (C=O) groups excluding carboxylic acids is 4. The van der Waals surface area contributed by atoms with Crippen molar-refractivity contribution in [2.45, 2.75) is 116 Å². The van der Waals surface area contributed by atoms with Crippen LogP contribution in [0.4, 0.5) is 13.2 Å². The number of rotatable bonds is 7. The largest absolute Gasteiger partial charge is 0.490 e. The van der Waals surface area contributed by atoms with Crippen molar-refractivity contribution in [1.29, 1.82) is 0 Å². The Hall–Kier alpha value is -3.39. The molecule has 3 amide bonds. The van der Waals surface area contributed by atoms with E-state index in [0.717, 1.165) is 38.5 Å². The van der Waals surface area contributed by atoms with Crippen molar-refractivity contribution < 1.29 is 42.3 Å². The number of carboxylic acid groups (broad SMARTS) is 1. The topological polar surface area (TPSA) is 206 Å². The van der Waals surface area contributed by atoms with Gasteiger partial charge in [0.15, 0.2) is 11.7 Å². The van der Waals surface area contributed by atoms with E-state index in [1.54, 1.807) is 20.8 Å². The van der Waals surface area contributed by atoms with Gasteiger partial charge in [0.05, 0.1) is 5.54 Å². The summed E-state index contributed by atoms with van der Waals surface area (Å²) < 4.78 is 31.7. The molecular weight excluding hydrogens is 573 g/mol. The Labute approximate surface area is 251 Å². The molecule has 15 heteroatoms. The molecule has 3 atom stereocenters. The quantitative estimate of drug-likeness (QED) is 0.141. The second-order valence-corrected chi connectivity index (χ2v) is 11.2.